The van der Waals surface area contributed by atoms with Crippen molar-refractivity contribution in [3.8, 4) is 0 Å². The zero-order chi connectivity index (χ0) is 17.3. The predicted molar refractivity (Wildman–Crippen MR) is 95.4 cm³/mol. The molecule has 3 rings (SSSR count). The molecule has 24 heavy (non-hydrogen) atoms. The molecule has 124 valence electrons. The molecule has 0 radical (unpaired) electrons. The van der Waals surface area contributed by atoms with Crippen LogP contribution in [0.25, 0.3) is 0 Å². The van der Waals surface area contributed by atoms with Gasteiger partial charge in [0, 0.05) is 28.8 Å². The fourth-order valence-electron chi connectivity index (χ4n) is 2.79. The van der Waals surface area contributed by atoms with Gasteiger partial charge in [-0.1, -0.05) is 22.0 Å². The molecule has 2 N–H and O–H groups in total. The Balaban J connectivity index is 1.79. The molecule has 0 bridgehead atoms. The van der Waals surface area contributed by atoms with Crippen molar-refractivity contribution < 1.29 is 14.7 Å². The number of hydrogen-bond acceptors (Lipinski definition) is 2. The standard InChI is InChI=1S/C18H17BrN2O3/c1-11-8-15(4-5-16(11)19)20-17(22)13-3-2-12-6-7-21(18(23)24)10-14(12)9-13/h2-5,8-9H,6-7,10H2,1H3,(H,20,22)(H,23,24). The fourth-order valence-corrected chi connectivity index (χ4v) is 3.03. The van der Waals surface area contributed by atoms with Crippen LogP contribution in [0.2, 0.25) is 0 Å². The van der Waals surface area contributed by atoms with E-state index in [1.807, 2.05) is 31.2 Å². The van der Waals surface area contributed by atoms with Crippen LogP contribution >= 0.6 is 15.9 Å². The van der Waals surface area contributed by atoms with Gasteiger partial charge in [0.2, 0.25) is 0 Å². The zero-order valence-electron chi connectivity index (χ0n) is 13.2. The average molecular weight is 389 g/mol. The Bertz CT molecular complexity index is 820. The minimum absolute atomic E-state index is 0.202. The Morgan fingerprint density at radius 1 is 1.17 bits per heavy atom. The number of anilines is 1. The van der Waals surface area contributed by atoms with E-state index in [9.17, 15) is 9.59 Å². The van der Waals surface area contributed by atoms with Crippen molar-refractivity contribution in [3.63, 3.8) is 0 Å². The van der Waals surface area contributed by atoms with Gasteiger partial charge in [0.05, 0.1) is 0 Å². The number of aryl methyl sites for hydroxylation is 1. The van der Waals surface area contributed by atoms with Gasteiger partial charge < -0.3 is 15.3 Å². The summed E-state index contributed by atoms with van der Waals surface area (Å²) in [5, 5.41) is 12.0. The lowest BCUT2D eigenvalue weighted by Crippen LogP contribution is -2.34. The van der Waals surface area contributed by atoms with Crippen LogP contribution < -0.4 is 5.32 Å². The third kappa shape index (κ3) is 3.43. The molecule has 0 aliphatic carbocycles. The summed E-state index contributed by atoms with van der Waals surface area (Å²) in [6, 6.07) is 11.1. The van der Waals surface area contributed by atoms with Crippen LogP contribution in [0.5, 0.6) is 0 Å². The summed E-state index contributed by atoms with van der Waals surface area (Å²) < 4.78 is 0.989. The average Bonchev–Trinajstić information content (AvgIpc) is 2.57. The third-order valence-electron chi connectivity index (χ3n) is 4.17. The number of carbonyl (C=O) groups excluding carboxylic acids is 1. The van der Waals surface area contributed by atoms with Crippen LogP contribution in [0.3, 0.4) is 0 Å². The summed E-state index contributed by atoms with van der Waals surface area (Å²) >= 11 is 3.43. The van der Waals surface area contributed by atoms with Crippen LogP contribution in [0.4, 0.5) is 10.5 Å². The van der Waals surface area contributed by atoms with E-state index in [1.165, 1.54) is 4.90 Å². The third-order valence-corrected chi connectivity index (χ3v) is 5.06. The van der Waals surface area contributed by atoms with Crippen LogP contribution in [0.15, 0.2) is 40.9 Å². The van der Waals surface area contributed by atoms with Crippen molar-refractivity contribution >= 4 is 33.6 Å². The minimum Gasteiger partial charge on any atom is -0.465 e. The highest BCUT2D eigenvalue weighted by Crippen LogP contribution is 2.23. The smallest absolute Gasteiger partial charge is 0.407 e. The van der Waals surface area contributed by atoms with Gasteiger partial charge in [0.25, 0.3) is 5.91 Å². The highest BCUT2D eigenvalue weighted by atomic mass is 79.9. The second kappa shape index (κ2) is 6.65. The molecule has 6 heteroatoms. The molecule has 0 aromatic heterocycles. The summed E-state index contributed by atoms with van der Waals surface area (Å²) in [5.41, 5.74) is 4.29. The van der Waals surface area contributed by atoms with Gasteiger partial charge in [-0.25, -0.2) is 4.79 Å². The van der Waals surface area contributed by atoms with Crippen LogP contribution in [-0.4, -0.2) is 28.6 Å². The van der Waals surface area contributed by atoms with Crippen molar-refractivity contribution in [2.75, 3.05) is 11.9 Å². The first kappa shape index (κ1) is 16.5. The number of hydrogen-bond donors (Lipinski definition) is 2. The highest BCUT2D eigenvalue weighted by Gasteiger charge is 2.21. The monoisotopic (exact) mass is 388 g/mol. The summed E-state index contributed by atoms with van der Waals surface area (Å²) in [6.07, 6.45) is -0.254. The lowest BCUT2D eigenvalue weighted by molar-refractivity contribution is 0.102. The molecule has 2 aromatic rings. The Kier molecular flexibility index (Phi) is 4.57. The Labute approximate surface area is 148 Å². The first-order valence-corrected chi connectivity index (χ1v) is 8.40. The molecule has 2 aromatic carbocycles. The second-order valence-electron chi connectivity index (χ2n) is 5.86. The predicted octanol–water partition coefficient (Wildman–Crippen LogP) is 4.05. The molecule has 1 aliphatic heterocycles. The van der Waals surface area contributed by atoms with Crippen molar-refractivity contribution in [3.05, 3.63) is 63.1 Å². The Hall–Kier alpha value is -2.34. The van der Waals surface area contributed by atoms with Crippen molar-refractivity contribution in [2.24, 2.45) is 0 Å². The number of fused-ring (bicyclic) bond motifs is 1. The number of halogens is 1. The first-order chi connectivity index (χ1) is 11.4. The summed E-state index contributed by atoms with van der Waals surface area (Å²) in [6.45, 7) is 2.77. The molecule has 0 saturated carbocycles. The highest BCUT2D eigenvalue weighted by molar-refractivity contribution is 9.10. The number of nitrogens with zero attached hydrogens (tertiary/aromatic N) is 1. The lowest BCUT2D eigenvalue weighted by Gasteiger charge is -2.26. The van der Waals surface area contributed by atoms with E-state index in [4.69, 9.17) is 5.11 Å². The van der Waals surface area contributed by atoms with Crippen LogP contribution in [0, 0.1) is 6.92 Å². The molecular formula is C18H17BrN2O3. The number of rotatable bonds is 2. The van der Waals surface area contributed by atoms with Crippen molar-refractivity contribution in [1.29, 1.82) is 0 Å². The largest absolute Gasteiger partial charge is 0.465 e. The van der Waals surface area contributed by atoms with Gasteiger partial charge in [-0.15, -0.1) is 0 Å². The molecule has 0 atom stereocenters. The molecule has 1 heterocycles. The Morgan fingerprint density at radius 3 is 2.67 bits per heavy atom. The number of benzene rings is 2. The first-order valence-electron chi connectivity index (χ1n) is 7.61. The van der Waals surface area contributed by atoms with Crippen molar-refractivity contribution in [2.45, 2.75) is 19.9 Å². The van der Waals surface area contributed by atoms with E-state index in [0.717, 1.165) is 26.9 Å². The van der Waals surface area contributed by atoms with Gasteiger partial charge in [-0.2, -0.15) is 0 Å². The minimum atomic E-state index is -0.930. The molecule has 0 saturated heterocycles. The zero-order valence-corrected chi connectivity index (χ0v) is 14.8. The SMILES string of the molecule is Cc1cc(NC(=O)c2ccc3c(c2)CN(C(=O)O)CC3)ccc1Br. The maximum Gasteiger partial charge on any atom is 0.407 e. The van der Waals surface area contributed by atoms with Crippen molar-refractivity contribution in [1.82, 2.24) is 4.90 Å². The molecule has 0 spiro atoms. The molecule has 0 fully saturated rings. The van der Waals surface area contributed by atoms with Gasteiger partial charge in [0.1, 0.15) is 0 Å². The van der Waals surface area contributed by atoms with E-state index in [1.54, 1.807) is 12.1 Å². The van der Waals surface area contributed by atoms with E-state index in [0.29, 0.717) is 25.1 Å². The maximum atomic E-state index is 12.5. The van der Waals surface area contributed by atoms with Gasteiger partial charge in [-0.05, 0) is 60.4 Å². The summed E-state index contributed by atoms with van der Waals surface area (Å²) in [5.74, 6) is -0.202. The quantitative estimate of drug-likeness (QED) is 0.815. The molecule has 1 aliphatic rings. The molecule has 0 unspecified atom stereocenters. The number of amides is 2. The molecule has 2 amide bonds. The lowest BCUT2D eigenvalue weighted by atomic mass is 9.97. The normalized spacial score (nSPS) is 13.3. The van der Waals surface area contributed by atoms with E-state index in [2.05, 4.69) is 21.2 Å². The number of carboxylic acid groups (broad SMARTS) is 1. The summed E-state index contributed by atoms with van der Waals surface area (Å²) in [4.78, 5) is 24.9. The van der Waals surface area contributed by atoms with Gasteiger partial charge in [-0.3, -0.25) is 4.79 Å². The maximum absolute atomic E-state index is 12.5. The van der Waals surface area contributed by atoms with E-state index in [-0.39, 0.29) is 5.91 Å². The Morgan fingerprint density at radius 2 is 1.96 bits per heavy atom. The van der Waals surface area contributed by atoms with Gasteiger partial charge in [0.15, 0.2) is 0 Å². The van der Waals surface area contributed by atoms with E-state index < -0.39 is 6.09 Å². The topological polar surface area (TPSA) is 69.6 Å². The van der Waals surface area contributed by atoms with E-state index >= 15 is 0 Å². The van der Waals surface area contributed by atoms with Crippen LogP contribution in [0.1, 0.15) is 27.0 Å². The number of nitrogens with one attached hydrogen (secondary N) is 1. The fraction of sp³-hybridized carbons (Fsp3) is 0.222. The number of carbonyl (C=O) groups is 2. The molecule has 5 nitrogen and oxygen atoms in total. The summed E-state index contributed by atoms with van der Waals surface area (Å²) in [7, 11) is 0. The molecular weight excluding hydrogens is 372 g/mol. The van der Waals surface area contributed by atoms with Crippen LogP contribution in [-0.2, 0) is 13.0 Å². The second-order valence-corrected chi connectivity index (χ2v) is 6.71. The van der Waals surface area contributed by atoms with Gasteiger partial charge >= 0.3 is 6.09 Å².